The zero-order valence-electron chi connectivity index (χ0n) is 9.71. The quantitative estimate of drug-likeness (QED) is 0.535. The van der Waals surface area contributed by atoms with Crippen molar-refractivity contribution >= 4 is 22.1 Å². The van der Waals surface area contributed by atoms with E-state index in [-0.39, 0.29) is 0 Å². The largest absolute Gasteiger partial charge is 0.489 e. The molecule has 92 valence electrons. The second-order valence-electron chi connectivity index (χ2n) is 3.77. The molecule has 0 aliphatic carbocycles. The average molecular weight is 305 g/mol. The molecule has 0 saturated carbocycles. The Morgan fingerprint density at radius 2 is 2.00 bits per heavy atom. The Morgan fingerprint density at radius 1 is 1.17 bits per heavy atom. The smallest absolute Gasteiger partial charge is 0.120 e. The molecular weight excluding hydrogens is 292 g/mol. The van der Waals surface area contributed by atoms with E-state index in [9.17, 15) is 0 Å². The fourth-order valence-electron chi connectivity index (χ4n) is 1.56. The molecule has 2 N–H and O–H groups in total. The van der Waals surface area contributed by atoms with Gasteiger partial charge in [0.25, 0.3) is 0 Å². The monoisotopic (exact) mass is 304 g/mol. The molecule has 2 rings (SSSR count). The number of nitrogens with two attached hydrogens (primary N) is 1. The van der Waals surface area contributed by atoms with Crippen LogP contribution in [0.2, 0.25) is 0 Å². The van der Waals surface area contributed by atoms with E-state index in [0.29, 0.717) is 6.61 Å². The summed E-state index contributed by atoms with van der Waals surface area (Å²) in [6.45, 7) is 0.530. The van der Waals surface area contributed by atoms with Gasteiger partial charge in [-0.05, 0) is 35.4 Å². The van der Waals surface area contributed by atoms with E-state index < -0.39 is 0 Å². The van der Waals surface area contributed by atoms with Crippen molar-refractivity contribution in [1.29, 1.82) is 0 Å². The molecule has 0 spiro atoms. The lowest BCUT2D eigenvalue weighted by molar-refractivity contribution is 0.306. The van der Waals surface area contributed by atoms with Crippen LogP contribution in [0.1, 0.15) is 11.1 Å². The van der Waals surface area contributed by atoms with Crippen LogP contribution in [-0.2, 0) is 6.61 Å². The van der Waals surface area contributed by atoms with E-state index in [0.717, 1.165) is 21.3 Å². The lowest BCUT2D eigenvalue weighted by atomic mass is 10.2. The Hall–Kier alpha value is -1.81. The number of halogens is 1. The molecule has 3 nitrogen and oxygen atoms in total. The first kappa shape index (κ1) is 12.6. The maximum absolute atomic E-state index is 5.71. The highest BCUT2D eigenvalue weighted by Crippen LogP contribution is 2.16. The number of hydrogen-bond acceptors (Lipinski definition) is 3. The zero-order valence-corrected chi connectivity index (χ0v) is 11.3. The first-order chi connectivity index (χ1) is 8.78. The van der Waals surface area contributed by atoms with Crippen LogP contribution in [0.4, 0.5) is 0 Å². The van der Waals surface area contributed by atoms with Gasteiger partial charge in [0.1, 0.15) is 12.4 Å². The SMILES string of the molecule is NN=Cc1cccc(OCc2cccc(Br)c2)c1. The molecule has 0 aliphatic rings. The Morgan fingerprint density at radius 3 is 2.78 bits per heavy atom. The summed E-state index contributed by atoms with van der Waals surface area (Å²) in [6, 6.07) is 15.7. The second-order valence-corrected chi connectivity index (χ2v) is 4.68. The Balaban J connectivity index is 2.04. The summed E-state index contributed by atoms with van der Waals surface area (Å²) in [5.74, 6) is 5.91. The third kappa shape index (κ3) is 3.60. The van der Waals surface area contributed by atoms with Crippen LogP contribution in [0.3, 0.4) is 0 Å². The number of benzene rings is 2. The first-order valence-electron chi connectivity index (χ1n) is 5.48. The van der Waals surface area contributed by atoms with Gasteiger partial charge in [-0.15, -0.1) is 0 Å². The van der Waals surface area contributed by atoms with Gasteiger partial charge in [-0.2, -0.15) is 5.10 Å². The van der Waals surface area contributed by atoms with Crippen molar-refractivity contribution in [3.8, 4) is 5.75 Å². The van der Waals surface area contributed by atoms with Crippen LogP contribution < -0.4 is 10.6 Å². The number of hydrazone groups is 1. The van der Waals surface area contributed by atoms with Crippen LogP contribution in [0.5, 0.6) is 5.75 Å². The number of hydrogen-bond donors (Lipinski definition) is 1. The number of ether oxygens (including phenoxy) is 1. The first-order valence-corrected chi connectivity index (χ1v) is 6.28. The zero-order chi connectivity index (χ0) is 12.8. The maximum Gasteiger partial charge on any atom is 0.120 e. The van der Waals surface area contributed by atoms with E-state index >= 15 is 0 Å². The molecule has 0 aromatic heterocycles. The van der Waals surface area contributed by atoms with Crippen molar-refractivity contribution < 1.29 is 4.74 Å². The highest BCUT2D eigenvalue weighted by atomic mass is 79.9. The molecular formula is C14H13BrN2O. The lowest BCUT2D eigenvalue weighted by Gasteiger charge is -2.07. The van der Waals surface area contributed by atoms with Gasteiger partial charge < -0.3 is 10.6 Å². The molecule has 0 aliphatic heterocycles. The minimum atomic E-state index is 0.530. The lowest BCUT2D eigenvalue weighted by Crippen LogP contribution is -1.96. The van der Waals surface area contributed by atoms with Crippen molar-refractivity contribution in [2.45, 2.75) is 6.61 Å². The molecule has 0 fully saturated rings. The summed E-state index contributed by atoms with van der Waals surface area (Å²) in [7, 11) is 0. The van der Waals surface area contributed by atoms with Crippen LogP contribution in [0.25, 0.3) is 0 Å². The molecule has 0 amide bonds. The summed E-state index contributed by atoms with van der Waals surface area (Å²) >= 11 is 3.43. The maximum atomic E-state index is 5.71. The summed E-state index contributed by atoms with van der Waals surface area (Å²) in [4.78, 5) is 0. The van der Waals surface area contributed by atoms with E-state index in [1.54, 1.807) is 6.21 Å². The van der Waals surface area contributed by atoms with Crippen LogP contribution in [0, 0.1) is 0 Å². The summed E-state index contributed by atoms with van der Waals surface area (Å²) < 4.78 is 6.76. The summed E-state index contributed by atoms with van der Waals surface area (Å²) in [5.41, 5.74) is 2.03. The third-order valence-corrected chi connectivity index (χ3v) is 2.87. The molecule has 4 heteroatoms. The molecule has 0 radical (unpaired) electrons. The Bertz CT molecular complexity index is 555. The van der Waals surface area contributed by atoms with Crippen molar-refractivity contribution in [3.63, 3.8) is 0 Å². The molecule has 0 heterocycles. The van der Waals surface area contributed by atoms with E-state index in [2.05, 4.69) is 21.0 Å². The highest BCUT2D eigenvalue weighted by Gasteiger charge is 1.98. The van der Waals surface area contributed by atoms with Gasteiger partial charge in [0.05, 0.1) is 6.21 Å². The average Bonchev–Trinajstić information content (AvgIpc) is 2.37. The predicted molar refractivity (Wildman–Crippen MR) is 76.7 cm³/mol. The van der Waals surface area contributed by atoms with Gasteiger partial charge in [-0.3, -0.25) is 0 Å². The number of rotatable bonds is 4. The summed E-state index contributed by atoms with van der Waals surface area (Å²) in [5, 5.41) is 3.49. The standard InChI is InChI=1S/C14H13BrN2O/c15-13-5-1-4-12(7-13)10-18-14-6-2-3-11(8-14)9-17-16/h1-9H,10,16H2. The summed E-state index contributed by atoms with van der Waals surface area (Å²) in [6.07, 6.45) is 1.59. The number of nitrogens with zero attached hydrogens (tertiary/aromatic N) is 1. The molecule has 2 aromatic rings. The minimum absolute atomic E-state index is 0.530. The van der Waals surface area contributed by atoms with Gasteiger partial charge in [-0.1, -0.05) is 40.2 Å². The third-order valence-electron chi connectivity index (χ3n) is 2.38. The fourth-order valence-corrected chi connectivity index (χ4v) is 2.01. The van der Waals surface area contributed by atoms with Crippen molar-refractivity contribution in [1.82, 2.24) is 0 Å². The second kappa shape index (κ2) is 6.21. The molecule has 0 bridgehead atoms. The van der Waals surface area contributed by atoms with Gasteiger partial charge >= 0.3 is 0 Å². The predicted octanol–water partition coefficient (Wildman–Crippen LogP) is 3.32. The molecule has 2 aromatic carbocycles. The van der Waals surface area contributed by atoms with Crippen molar-refractivity contribution in [2.75, 3.05) is 0 Å². The van der Waals surface area contributed by atoms with Crippen LogP contribution in [-0.4, -0.2) is 6.21 Å². The fraction of sp³-hybridized carbons (Fsp3) is 0.0714. The molecule has 0 unspecified atom stereocenters. The van der Waals surface area contributed by atoms with Crippen LogP contribution in [0.15, 0.2) is 58.1 Å². The van der Waals surface area contributed by atoms with E-state index in [1.165, 1.54) is 0 Å². The van der Waals surface area contributed by atoms with E-state index in [4.69, 9.17) is 10.6 Å². The van der Waals surface area contributed by atoms with E-state index in [1.807, 2.05) is 48.5 Å². The topological polar surface area (TPSA) is 47.6 Å². The minimum Gasteiger partial charge on any atom is -0.489 e. The van der Waals surface area contributed by atoms with Crippen LogP contribution >= 0.6 is 15.9 Å². The van der Waals surface area contributed by atoms with Gasteiger partial charge in [0.2, 0.25) is 0 Å². The molecule has 18 heavy (non-hydrogen) atoms. The van der Waals surface area contributed by atoms with Crippen molar-refractivity contribution in [3.05, 3.63) is 64.1 Å². The van der Waals surface area contributed by atoms with Crippen molar-refractivity contribution in [2.24, 2.45) is 10.9 Å². The Labute approximate surface area is 114 Å². The molecule has 0 atom stereocenters. The molecule has 0 saturated heterocycles. The van der Waals surface area contributed by atoms with Gasteiger partial charge in [0, 0.05) is 4.47 Å². The highest BCUT2D eigenvalue weighted by molar-refractivity contribution is 9.10. The Kier molecular flexibility index (Phi) is 4.36. The van der Waals surface area contributed by atoms with Gasteiger partial charge in [0.15, 0.2) is 0 Å². The normalized spacial score (nSPS) is 10.7. The van der Waals surface area contributed by atoms with Gasteiger partial charge in [-0.25, -0.2) is 0 Å².